The van der Waals surface area contributed by atoms with E-state index < -0.39 is 0 Å². The smallest absolute Gasteiger partial charge is 0.333 e. The Morgan fingerprint density at radius 2 is 2.38 bits per heavy atom. The van der Waals surface area contributed by atoms with Crippen LogP contribution in [-0.4, -0.2) is 25.3 Å². The van der Waals surface area contributed by atoms with Gasteiger partial charge < -0.3 is 9.47 Å². The van der Waals surface area contributed by atoms with Crippen LogP contribution in [0.2, 0.25) is 0 Å². The van der Waals surface area contributed by atoms with Crippen molar-refractivity contribution in [3.05, 3.63) is 11.6 Å². The zero-order valence-corrected chi connectivity index (χ0v) is 8.21. The first-order valence-electron chi connectivity index (χ1n) is 4.69. The van der Waals surface area contributed by atoms with Crippen LogP contribution < -0.4 is 0 Å². The molecule has 0 aromatic rings. The summed E-state index contributed by atoms with van der Waals surface area (Å²) >= 11 is 0. The fourth-order valence-corrected chi connectivity index (χ4v) is 0.904. The molecule has 3 heteroatoms. The molecular formula is C10H16O3. The maximum Gasteiger partial charge on any atom is 0.333 e. The number of rotatable bonds is 5. The van der Waals surface area contributed by atoms with Crippen molar-refractivity contribution in [2.75, 3.05) is 13.2 Å². The van der Waals surface area contributed by atoms with E-state index in [9.17, 15) is 4.79 Å². The average Bonchev–Trinajstić information content (AvgIpc) is 2.93. The second kappa shape index (κ2) is 5.02. The van der Waals surface area contributed by atoms with Crippen LogP contribution in [0.4, 0.5) is 0 Å². The lowest BCUT2D eigenvalue weighted by Crippen LogP contribution is -2.06. The van der Waals surface area contributed by atoms with E-state index in [0.717, 1.165) is 19.4 Å². The predicted molar refractivity (Wildman–Crippen MR) is 49.4 cm³/mol. The Labute approximate surface area is 78.7 Å². The zero-order chi connectivity index (χ0) is 9.68. The maximum absolute atomic E-state index is 11.2. The van der Waals surface area contributed by atoms with E-state index in [0.29, 0.717) is 18.3 Å². The van der Waals surface area contributed by atoms with Crippen LogP contribution in [0.3, 0.4) is 0 Å². The molecule has 74 valence electrons. The number of carbonyl (C=O) groups excluding carboxylic acids is 1. The lowest BCUT2D eigenvalue weighted by Gasteiger charge is -2.01. The van der Waals surface area contributed by atoms with E-state index in [1.54, 1.807) is 6.92 Å². The lowest BCUT2D eigenvalue weighted by atomic mass is 10.2. The van der Waals surface area contributed by atoms with Gasteiger partial charge in [0, 0.05) is 5.57 Å². The fraction of sp³-hybridized carbons (Fsp3) is 0.700. The van der Waals surface area contributed by atoms with Crippen molar-refractivity contribution in [1.82, 2.24) is 0 Å². The average molecular weight is 184 g/mol. The first kappa shape index (κ1) is 10.3. The van der Waals surface area contributed by atoms with Gasteiger partial charge in [0.15, 0.2) is 0 Å². The molecule has 0 N–H and O–H groups in total. The van der Waals surface area contributed by atoms with Crippen LogP contribution in [0.1, 0.15) is 26.7 Å². The largest absolute Gasteiger partial charge is 0.462 e. The molecule has 3 nitrogen and oxygen atoms in total. The summed E-state index contributed by atoms with van der Waals surface area (Å²) in [6.07, 6.45) is 3.92. The van der Waals surface area contributed by atoms with E-state index in [1.165, 1.54) is 0 Å². The minimum Gasteiger partial charge on any atom is -0.462 e. The normalized spacial score (nSPS) is 21.4. The summed E-state index contributed by atoms with van der Waals surface area (Å²) in [7, 11) is 0. The number of esters is 1. The summed E-state index contributed by atoms with van der Waals surface area (Å²) in [5.41, 5.74) is 0.684. The first-order valence-corrected chi connectivity index (χ1v) is 4.69. The van der Waals surface area contributed by atoms with Crippen LogP contribution in [0.15, 0.2) is 11.6 Å². The minimum absolute atomic E-state index is 0.206. The number of hydrogen-bond donors (Lipinski definition) is 0. The first-order chi connectivity index (χ1) is 6.24. The molecule has 0 radical (unpaired) electrons. The summed E-state index contributed by atoms with van der Waals surface area (Å²) in [6, 6.07) is 0. The van der Waals surface area contributed by atoms with Crippen molar-refractivity contribution in [2.24, 2.45) is 0 Å². The topological polar surface area (TPSA) is 38.8 Å². The summed E-state index contributed by atoms with van der Waals surface area (Å²) in [5, 5.41) is 0. The summed E-state index contributed by atoms with van der Waals surface area (Å²) in [5.74, 6) is -0.206. The van der Waals surface area contributed by atoms with Crippen LogP contribution in [0, 0.1) is 0 Å². The Balaban J connectivity index is 2.22. The molecular weight excluding hydrogens is 168 g/mol. The molecule has 13 heavy (non-hydrogen) atoms. The van der Waals surface area contributed by atoms with E-state index in [-0.39, 0.29) is 5.97 Å². The molecule has 0 saturated carbocycles. The molecule has 1 saturated heterocycles. The third-order valence-electron chi connectivity index (χ3n) is 1.85. The molecule has 1 heterocycles. The lowest BCUT2D eigenvalue weighted by molar-refractivity contribution is -0.139. The quantitative estimate of drug-likeness (QED) is 0.370. The number of carbonyl (C=O) groups is 1. The highest BCUT2D eigenvalue weighted by Crippen LogP contribution is 2.15. The molecule has 0 amide bonds. The van der Waals surface area contributed by atoms with Gasteiger partial charge in [-0.2, -0.15) is 0 Å². The molecule has 1 atom stereocenters. The molecule has 0 aliphatic carbocycles. The van der Waals surface area contributed by atoms with Crippen molar-refractivity contribution >= 4 is 5.97 Å². The van der Waals surface area contributed by atoms with Crippen LogP contribution in [-0.2, 0) is 14.3 Å². The van der Waals surface area contributed by atoms with Crippen LogP contribution in [0.25, 0.3) is 0 Å². The number of hydrogen-bond acceptors (Lipinski definition) is 3. The highest BCUT2D eigenvalue weighted by atomic mass is 16.6. The summed E-state index contributed by atoms with van der Waals surface area (Å²) in [6.45, 7) is 5.09. The zero-order valence-electron chi connectivity index (χ0n) is 8.21. The fourth-order valence-electron chi connectivity index (χ4n) is 0.904. The van der Waals surface area contributed by atoms with E-state index in [4.69, 9.17) is 9.47 Å². The van der Waals surface area contributed by atoms with E-state index >= 15 is 0 Å². The van der Waals surface area contributed by atoms with Gasteiger partial charge in [-0.1, -0.05) is 13.0 Å². The van der Waals surface area contributed by atoms with Crippen molar-refractivity contribution in [3.8, 4) is 0 Å². The highest BCUT2D eigenvalue weighted by molar-refractivity contribution is 5.87. The van der Waals surface area contributed by atoms with Gasteiger partial charge in [-0.25, -0.2) is 4.79 Å². The van der Waals surface area contributed by atoms with Gasteiger partial charge in [0.05, 0.1) is 19.3 Å². The Kier molecular flexibility index (Phi) is 3.96. The van der Waals surface area contributed by atoms with E-state index in [1.807, 2.05) is 13.0 Å². The number of ether oxygens (including phenoxy) is 2. The van der Waals surface area contributed by atoms with Gasteiger partial charge in [-0.3, -0.25) is 0 Å². The van der Waals surface area contributed by atoms with Gasteiger partial charge in [-0.05, 0) is 19.8 Å². The summed E-state index contributed by atoms with van der Waals surface area (Å²) in [4.78, 5) is 11.2. The molecule has 1 fully saturated rings. The Bertz CT molecular complexity index is 204. The molecule has 1 rings (SSSR count). The highest BCUT2D eigenvalue weighted by Gasteiger charge is 2.20. The van der Waals surface area contributed by atoms with Crippen molar-refractivity contribution in [2.45, 2.75) is 32.8 Å². The van der Waals surface area contributed by atoms with Crippen molar-refractivity contribution in [3.63, 3.8) is 0 Å². The van der Waals surface area contributed by atoms with Gasteiger partial charge in [0.2, 0.25) is 0 Å². The monoisotopic (exact) mass is 184 g/mol. The number of epoxide rings is 1. The Hall–Kier alpha value is -0.830. The minimum atomic E-state index is -0.206. The van der Waals surface area contributed by atoms with Gasteiger partial charge >= 0.3 is 5.97 Å². The second-order valence-electron chi connectivity index (χ2n) is 3.21. The van der Waals surface area contributed by atoms with Gasteiger partial charge in [0.25, 0.3) is 0 Å². The van der Waals surface area contributed by atoms with Gasteiger partial charge in [0.1, 0.15) is 0 Å². The molecule has 1 aliphatic rings. The molecule has 0 spiro atoms. The molecule has 0 aromatic heterocycles. The third-order valence-corrected chi connectivity index (χ3v) is 1.85. The van der Waals surface area contributed by atoms with E-state index in [2.05, 4.69) is 0 Å². The molecule has 0 aromatic carbocycles. The summed E-state index contributed by atoms with van der Waals surface area (Å²) < 4.78 is 9.98. The molecule has 0 bridgehead atoms. The van der Waals surface area contributed by atoms with Crippen LogP contribution in [0.5, 0.6) is 0 Å². The van der Waals surface area contributed by atoms with Gasteiger partial charge in [-0.15, -0.1) is 0 Å². The Morgan fingerprint density at radius 1 is 1.69 bits per heavy atom. The SMILES string of the molecule is CCCOC(=O)C(C)=CCC1CO1. The van der Waals surface area contributed by atoms with Crippen molar-refractivity contribution in [1.29, 1.82) is 0 Å². The predicted octanol–water partition coefficient (Wildman–Crippen LogP) is 1.67. The third kappa shape index (κ3) is 4.08. The second-order valence-corrected chi connectivity index (χ2v) is 3.21. The maximum atomic E-state index is 11.2. The standard InChI is InChI=1S/C10H16O3/c1-3-6-12-10(11)8(2)4-5-9-7-13-9/h4,9H,3,5-7H2,1-2H3. The molecule has 1 aliphatic heterocycles. The Morgan fingerprint density at radius 3 is 2.92 bits per heavy atom. The molecule has 1 unspecified atom stereocenters. The van der Waals surface area contributed by atoms with Crippen molar-refractivity contribution < 1.29 is 14.3 Å². The van der Waals surface area contributed by atoms with Crippen LogP contribution >= 0.6 is 0 Å².